The van der Waals surface area contributed by atoms with Gasteiger partial charge < -0.3 is 10.1 Å². The Bertz CT molecular complexity index is 1500. The Morgan fingerprint density at radius 1 is 1.00 bits per heavy atom. The van der Waals surface area contributed by atoms with E-state index in [-0.39, 0.29) is 5.75 Å². The van der Waals surface area contributed by atoms with Crippen molar-refractivity contribution in [3.8, 4) is 27.7 Å². The molecule has 0 fully saturated rings. The number of rotatable bonds is 6. The van der Waals surface area contributed by atoms with Crippen LogP contribution in [0.2, 0.25) is 0 Å². The second-order valence-corrected chi connectivity index (χ2v) is 8.38. The van der Waals surface area contributed by atoms with Crippen molar-refractivity contribution in [3.63, 3.8) is 0 Å². The lowest BCUT2D eigenvalue weighted by atomic mass is 10.1. The molecule has 5 aromatic rings. The van der Waals surface area contributed by atoms with Gasteiger partial charge in [0.1, 0.15) is 5.75 Å². The first-order chi connectivity index (χ1) is 16.9. The highest BCUT2D eigenvalue weighted by molar-refractivity contribution is 7.13. The number of alkyl halides is 3. The summed E-state index contributed by atoms with van der Waals surface area (Å²) in [5, 5.41) is 17.7. The van der Waals surface area contributed by atoms with Crippen LogP contribution in [-0.2, 0) is 11.0 Å². The number of benzene rings is 2. The molecule has 1 amide bonds. The zero-order chi connectivity index (χ0) is 24.4. The zero-order valence-electron chi connectivity index (χ0n) is 17.9. The maximum absolute atomic E-state index is 12.8. The minimum absolute atomic E-state index is 0.0447. The molecule has 176 valence electrons. The third kappa shape index (κ3) is 4.99. The average Bonchev–Trinajstić information content (AvgIpc) is 3.52. The second kappa shape index (κ2) is 9.18. The minimum atomic E-state index is -4.49. The van der Waals surface area contributed by atoms with Gasteiger partial charge in [-0.05, 0) is 53.9 Å². The van der Waals surface area contributed by atoms with Crippen molar-refractivity contribution in [2.24, 2.45) is 0 Å². The highest BCUT2D eigenvalue weighted by atomic mass is 32.1. The smallest absolute Gasteiger partial charge is 0.416 e. The van der Waals surface area contributed by atoms with Gasteiger partial charge in [0, 0.05) is 11.3 Å². The monoisotopic (exact) mass is 495 g/mol. The first-order valence-electron chi connectivity index (χ1n) is 10.3. The number of halogens is 3. The molecule has 0 aliphatic rings. The Hall–Kier alpha value is -4.25. The third-order valence-corrected chi connectivity index (χ3v) is 5.84. The Kier molecular flexibility index (Phi) is 5.91. The minimum Gasteiger partial charge on any atom is -0.484 e. The van der Waals surface area contributed by atoms with E-state index in [0.717, 1.165) is 22.6 Å². The topological polar surface area (TPSA) is 81.4 Å². The van der Waals surface area contributed by atoms with Crippen molar-refractivity contribution < 1.29 is 22.7 Å². The number of anilines is 1. The van der Waals surface area contributed by atoms with E-state index >= 15 is 0 Å². The van der Waals surface area contributed by atoms with Crippen LogP contribution in [0.3, 0.4) is 0 Å². The summed E-state index contributed by atoms with van der Waals surface area (Å²) in [5.41, 5.74) is 1.64. The van der Waals surface area contributed by atoms with Crippen LogP contribution in [0.15, 0.2) is 78.2 Å². The van der Waals surface area contributed by atoms with Gasteiger partial charge in [-0.1, -0.05) is 24.3 Å². The highest BCUT2D eigenvalue weighted by Crippen LogP contribution is 2.31. The first-order valence-corrected chi connectivity index (χ1v) is 11.2. The SMILES string of the molecule is O=C(COc1cccc(C(F)(F)F)c1)Nc1cccc(-c2ccc3nnc(-c4cccs4)n3n2)c1. The van der Waals surface area contributed by atoms with Crippen molar-refractivity contribution >= 4 is 28.6 Å². The lowest BCUT2D eigenvalue weighted by Crippen LogP contribution is -2.20. The molecule has 0 unspecified atom stereocenters. The average molecular weight is 495 g/mol. The van der Waals surface area contributed by atoms with Crippen molar-refractivity contribution in [1.29, 1.82) is 0 Å². The number of carbonyl (C=O) groups excluding carboxylic acids is 1. The predicted octanol–water partition coefficient (Wildman–Crippen LogP) is 5.56. The van der Waals surface area contributed by atoms with E-state index in [2.05, 4.69) is 20.6 Å². The third-order valence-electron chi connectivity index (χ3n) is 4.98. The summed E-state index contributed by atoms with van der Waals surface area (Å²) < 4.78 is 45.4. The molecule has 3 aromatic heterocycles. The van der Waals surface area contributed by atoms with Crippen LogP contribution in [0.5, 0.6) is 5.75 Å². The van der Waals surface area contributed by atoms with Gasteiger partial charge in [0.2, 0.25) is 0 Å². The van der Waals surface area contributed by atoms with Crippen LogP contribution >= 0.6 is 11.3 Å². The molecule has 35 heavy (non-hydrogen) atoms. The van der Waals surface area contributed by atoms with Gasteiger partial charge in [0.25, 0.3) is 5.91 Å². The van der Waals surface area contributed by atoms with E-state index in [0.29, 0.717) is 22.9 Å². The quantitative estimate of drug-likeness (QED) is 0.334. The van der Waals surface area contributed by atoms with Gasteiger partial charge >= 0.3 is 6.18 Å². The molecule has 1 N–H and O–H groups in total. The van der Waals surface area contributed by atoms with Crippen LogP contribution in [0.4, 0.5) is 18.9 Å². The second-order valence-electron chi connectivity index (χ2n) is 7.43. The molecule has 0 aliphatic heterocycles. The van der Waals surface area contributed by atoms with Crippen molar-refractivity contribution in [1.82, 2.24) is 19.8 Å². The summed E-state index contributed by atoms with van der Waals surface area (Å²) in [6.45, 7) is -0.444. The maximum Gasteiger partial charge on any atom is 0.416 e. The molecule has 3 heterocycles. The lowest BCUT2D eigenvalue weighted by Gasteiger charge is -2.11. The normalized spacial score (nSPS) is 11.5. The summed E-state index contributed by atoms with van der Waals surface area (Å²) in [6, 6.07) is 18.9. The van der Waals surface area contributed by atoms with E-state index in [1.54, 1.807) is 34.8 Å². The Morgan fingerprint density at radius 3 is 2.66 bits per heavy atom. The van der Waals surface area contributed by atoms with Crippen molar-refractivity contribution in [3.05, 3.63) is 83.7 Å². The molecule has 0 saturated heterocycles. The summed E-state index contributed by atoms with van der Waals surface area (Å²) in [6.07, 6.45) is -4.49. The molecule has 0 spiro atoms. The van der Waals surface area contributed by atoms with Crippen LogP contribution in [0, 0.1) is 0 Å². The Labute approximate surface area is 200 Å². The number of nitrogens with zero attached hydrogens (tertiary/aromatic N) is 4. The van der Waals surface area contributed by atoms with Gasteiger partial charge in [0.05, 0.1) is 16.1 Å². The molecule has 2 aromatic carbocycles. The summed E-state index contributed by atoms with van der Waals surface area (Å²) in [4.78, 5) is 13.3. The maximum atomic E-state index is 12.8. The molecular formula is C24H16F3N5O2S. The summed E-state index contributed by atoms with van der Waals surface area (Å²) in [7, 11) is 0. The van der Waals surface area contributed by atoms with Crippen LogP contribution in [0.25, 0.3) is 27.6 Å². The number of ether oxygens (including phenoxy) is 1. The van der Waals surface area contributed by atoms with E-state index in [1.807, 2.05) is 23.6 Å². The number of nitrogens with one attached hydrogen (secondary N) is 1. The van der Waals surface area contributed by atoms with Gasteiger partial charge in [0.15, 0.2) is 18.1 Å². The molecule has 5 rings (SSSR count). The van der Waals surface area contributed by atoms with E-state index in [4.69, 9.17) is 4.74 Å². The summed E-state index contributed by atoms with van der Waals surface area (Å²) in [5.74, 6) is 0.0755. The van der Waals surface area contributed by atoms with E-state index in [9.17, 15) is 18.0 Å². The fraction of sp³-hybridized carbons (Fsp3) is 0.0833. The van der Waals surface area contributed by atoms with Crippen LogP contribution < -0.4 is 10.1 Å². The first kappa shape index (κ1) is 22.5. The van der Waals surface area contributed by atoms with Gasteiger partial charge in [-0.2, -0.15) is 22.8 Å². The highest BCUT2D eigenvalue weighted by Gasteiger charge is 2.30. The van der Waals surface area contributed by atoms with E-state index < -0.39 is 24.3 Å². The number of carbonyl (C=O) groups is 1. The number of fused-ring (bicyclic) bond motifs is 1. The number of thiophene rings is 1. The van der Waals surface area contributed by atoms with Gasteiger partial charge in [-0.15, -0.1) is 21.5 Å². The summed E-state index contributed by atoms with van der Waals surface area (Å²) >= 11 is 1.53. The molecule has 0 saturated carbocycles. The molecule has 7 nitrogen and oxygen atoms in total. The molecule has 11 heteroatoms. The molecule has 0 aliphatic carbocycles. The Balaban J connectivity index is 1.30. The predicted molar refractivity (Wildman–Crippen MR) is 125 cm³/mol. The number of aromatic nitrogens is 4. The largest absolute Gasteiger partial charge is 0.484 e. The van der Waals surface area contributed by atoms with Gasteiger partial charge in [-0.25, -0.2) is 0 Å². The zero-order valence-corrected chi connectivity index (χ0v) is 18.7. The number of hydrogen-bond donors (Lipinski definition) is 1. The standard InChI is InChI=1S/C24H16F3N5O2S/c25-24(26,27)16-5-2-7-18(13-16)34-14-22(33)28-17-6-1-4-15(12-17)19-9-10-21-29-30-23(32(21)31-19)20-8-3-11-35-20/h1-13H,14H2,(H,28,33). The molecular weight excluding hydrogens is 479 g/mol. The van der Waals surface area contributed by atoms with Crippen LogP contribution in [0.1, 0.15) is 5.56 Å². The molecule has 0 radical (unpaired) electrons. The van der Waals surface area contributed by atoms with Crippen LogP contribution in [-0.4, -0.2) is 32.3 Å². The van der Waals surface area contributed by atoms with E-state index in [1.165, 1.54) is 23.5 Å². The number of hydrogen-bond acceptors (Lipinski definition) is 6. The van der Waals surface area contributed by atoms with Crippen molar-refractivity contribution in [2.75, 3.05) is 11.9 Å². The lowest BCUT2D eigenvalue weighted by molar-refractivity contribution is -0.137. The molecule has 0 atom stereocenters. The molecule has 0 bridgehead atoms. The van der Waals surface area contributed by atoms with Crippen molar-refractivity contribution in [2.45, 2.75) is 6.18 Å². The number of amides is 1. The van der Waals surface area contributed by atoms with Gasteiger partial charge in [-0.3, -0.25) is 4.79 Å². The fourth-order valence-electron chi connectivity index (χ4n) is 3.37. The Morgan fingerprint density at radius 2 is 1.86 bits per heavy atom. The fourth-order valence-corrected chi connectivity index (χ4v) is 4.06.